The Labute approximate surface area is 130 Å². The van der Waals surface area contributed by atoms with Crippen LogP contribution in [0, 0.1) is 0 Å². The molecule has 2 aromatic rings. The van der Waals surface area contributed by atoms with Crippen molar-refractivity contribution in [2.24, 2.45) is 5.73 Å². The molecule has 0 saturated carbocycles. The predicted molar refractivity (Wildman–Crippen MR) is 85.5 cm³/mol. The summed E-state index contributed by atoms with van der Waals surface area (Å²) in [6, 6.07) is 16.9. The Balaban J connectivity index is 2.02. The second-order valence-electron chi connectivity index (χ2n) is 4.94. The van der Waals surface area contributed by atoms with E-state index >= 15 is 0 Å². The van der Waals surface area contributed by atoms with Gasteiger partial charge in [0.25, 0.3) is 0 Å². The number of esters is 1. The minimum atomic E-state index is -0.679. The van der Waals surface area contributed by atoms with Gasteiger partial charge in [-0.1, -0.05) is 48.5 Å². The van der Waals surface area contributed by atoms with Gasteiger partial charge < -0.3 is 15.2 Å². The first-order valence-electron chi connectivity index (χ1n) is 7.37. The van der Waals surface area contributed by atoms with Gasteiger partial charge in [0.2, 0.25) is 0 Å². The zero-order valence-electron chi connectivity index (χ0n) is 12.7. The van der Waals surface area contributed by atoms with E-state index in [0.717, 1.165) is 16.9 Å². The van der Waals surface area contributed by atoms with Crippen LogP contribution in [-0.2, 0) is 22.6 Å². The lowest BCUT2D eigenvalue weighted by atomic mass is 10.1. The first-order chi connectivity index (χ1) is 10.7. The number of para-hydroxylation sites is 1. The minimum Gasteiger partial charge on any atom is -0.489 e. The number of carbonyl (C=O) groups is 1. The maximum Gasteiger partial charge on any atom is 0.323 e. The van der Waals surface area contributed by atoms with Crippen molar-refractivity contribution in [3.8, 4) is 5.75 Å². The highest BCUT2D eigenvalue weighted by Gasteiger charge is 2.17. The van der Waals surface area contributed by atoms with Crippen LogP contribution in [0.3, 0.4) is 0 Å². The molecule has 116 valence electrons. The summed E-state index contributed by atoms with van der Waals surface area (Å²) in [7, 11) is 0. The lowest BCUT2D eigenvalue weighted by Gasteiger charge is -2.14. The van der Waals surface area contributed by atoms with Crippen molar-refractivity contribution in [3.63, 3.8) is 0 Å². The van der Waals surface area contributed by atoms with Crippen molar-refractivity contribution in [1.82, 2.24) is 0 Å². The average molecular weight is 299 g/mol. The Bertz CT molecular complexity index is 598. The molecule has 0 spiro atoms. The van der Waals surface area contributed by atoms with Gasteiger partial charge in [0.05, 0.1) is 6.61 Å². The van der Waals surface area contributed by atoms with Gasteiger partial charge in [-0.25, -0.2) is 0 Å². The molecule has 1 atom stereocenters. The molecule has 0 aliphatic heterocycles. The minimum absolute atomic E-state index is 0.332. The van der Waals surface area contributed by atoms with Gasteiger partial charge in [0, 0.05) is 6.42 Å². The highest BCUT2D eigenvalue weighted by molar-refractivity contribution is 5.76. The van der Waals surface area contributed by atoms with Gasteiger partial charge in [-0.3, -0.25) is 4.79 Å². The van der Waals surface area contributed by atoms with E-state index in [4.69, 9.17) is 15.2 Å². The second kappa shape index (κ2) is 8.20. The van der Waals surface area contributed by atoms with E-state index in [1.807, 2.05) is 54.6 Å². The molecule has 4 nitrogen and oxygen atoms in total. The SMILES string of the molecule is CCOC(=O)C(N)Cc1ccccc1OCc1ccccc1. The van der Waals surface area contributed by atoms with Crippen LogP contribution in [0.5, 0.6) is 5.75 Å². The largest absolute Gasteiger partial charge is 0.489 e. The number of carbonyl (C=O) groups excluding carboxylic acids is 1. The molecule has 0 fully saturated rings. The standard InChI is InChI=1S/C18H21NO3/c1-2-21-18(20)16(19)12-15-10-6-7-11-17(15)22-13-14-8-4-3-5-9-14/h3-11,16H,2,12-13,19H2,1H3. The van der Waals surface area contributed by atoms with Gasteiger partial charge in [0.1, 0.15) is 18.4 Å². The highest BCUT2D eigenvalue weighted by Crippen LogP contribution is 2.21. The first-order valence-corrected chi connectivity index (χ1v) is 7.37. The zero-order chi connectivity index (χ0) is 15.8. The molecule has 4 heteroatoms. The Morgan fingerprint density at radius 1 is 1.09 bits per heavy atom. The summed E-state index contributed by atoms with van der Waals surface area (Å²) in [5, 5.41) is 0. The van der Waals surface area contributed by atoms with Gasteiger partial charge in [-0.2, -0.15) is 0 Å². The van der Waals surface area contributed by atoms with Crippen LogP contribution in [0.15, 0.2) is 54.6 Å². The van der Waals surface area contributed by atoms with Crippen LogP contribution in [0.4, 0.5) is 0 Å². The van der Waals surface area contributed by atoms with Crippen LogP contribution in [0.25, 0.3) is 0 Å². The Morgan fingerprint density at radius 2 is 1.77 bits per heavy atom. The molecule has 0 heterocycles. The van der Waals surface area contributed by atoms with Crippen LogP contribution in [0.1, 0.15) is 18.1 Å². The zero-order valence-corrected chi connectivity index (χ0v) is 12.7. The molecule has 2 aromatic carbocycles. The van der Waals surface area contributed by atoms with Gasteiger partial charge >= 0.3 is 5.97 Å². The summed E-state index contributed by atoms with van der Waals surface area (Å²) in [5.74, 6) is 0.353. The maximum absolute atomic E-state index is 11.7. The molecule has 1 unspecified atom stereocenters. The van der Waals surface area contributed by atoms with Gasteiger partial charge in [0.15, 0.2) is 0 Å². The molecule has 0 aliphatic carbocycles. The lowest BCUT2D eigenvalue weighted by Crippen LogP contribution is -2.34. The predicted octanol–water partition coefficient (Wildman–Crippen LogP) is 2.70. The summed E-state index contributed by atoms with van der Waals surface area (Å²) >= 11 is 0. The topological polar surface area (TPSA) is 61.5 Å². The number of hydrogen-bond donors (Lipinski definition) is 1. The van der Waals surface area contributed by atoms with Crippen LogP contribution in [-0.4, -0.2) is 18.6 Å². The van der Waals surface area contributed by atoms with E-state index in [2.05, 4.69) is 0 Å². The number of rotatable bonds is 7. The second-order valence-corrected chi connectivity index (χ2v) is 4.94. The molecular weight excluding hydrogens is 278 g/mol. The van der Waals surface area contributed by atoms with E-state index in [-0.39, 0.29) is 5.97 Å². The molecule has 2 rings (SSSR count). The van der Waals surface area contributed by atoms with Crippen molar-refractivity contribution in [1.29, 1.82) is 0 Å². The lowest BCUT2D eigenvalue weighted by molar-refractivity contribution is -0.144. The smallest absolute Gasteiger partial charge is 0.323 e. The summed E-state index contributed by atoms with van der Waals surface area (Å²) in [6.45, 7) is 2.58. The van der Waals surface area contributed by atoms with E-state index in [1.54, 1.807) is 6.92 Å². The summed E-state index contributed by atoms with van der Waals surface area (Å²) in [4.78, 5) is 11.7. The number of hydrogen-bond acceptors (Lipinski definition) is 4. The van der Waals surface area contributed by atoms with Crippen molar-refractivity contribution in [3.05, 3.63) is 65.7 Å². The van der Waals surface area contributed by atoms with E-state index < -0.39 is 6.04 Å². The van der Waals surface area contributed by atoms with E-state index in [9.17, 15) is 4.79 Å². The normalized spacial score (nSPS) is 11.7. The molecule has 0 saturated heterocycles. The van der Waals surface area contributed by atoms with Crippen molar-refractivity contribution in [2.45, 2.75) is 26.0 Å². The molecule has 22 heavy (non-hydrogen) atoms. The highest BCUT2D eigenvalue weighted by atomic mass is 16.5. The summed E-state index contributed by atoms with van der Waals surface area (Å²) in [6.07, 6.45) is 0.393. The van der Waals surface area contributed by atoms with Crippen molar-refractivity contribution >= 4 is 5.97 Å². The van der Waals surface area contributed by atoms with Crippen LogP contribution >= 0.6 is 0 Å². The number of nitrogens with two attached hydrogens (primary N) is 1. The monoisotopic (exact) mass is 299 g/mol. The Morgan fingerprint density at radius 3 is 2.50 bits per heavy atom. The molecule has 2 N–H and O–H groups in total. The van der Waals surface area contributed by atoms with Crippen molar-refractivity contribution in [2.75, 3.05) is 6.61 Å². The third-order valence-electron chi connectivity index (χ3n) is 3.24. The molecule has 0 aliphatic rings. The fourth-order valence-corrected chi connectivity index (χ4v) is 2.12. The molecule has 0 amide bonds. The van der Waals surface area contributed by atoms with Crippen molar-refractivity contribution < 1.29 is 14.3 Å². The number of ether oxygens (including phenoxy) is 2. The number of benzene rings is 2. The fraction of sp³-hybridized carbons (Fsp3) is 0.278. The third kappa shape index (κ3) is 4.60. The molecular formula is C18H21NO3. The summed E-state index contributed by atoms with van der Waals surface area (Å²) < 4.78 is 10.8. The van der Waals surface area contributed by atoms with Crippen LogP contribution < -0.4 is 10.5 Å². The third-order valence-corrected chi connectivity index (χ3v) is 3.24. The average Bonchev–Trinajstić information content (AvgIpc) is 2.55. The molecule has 0 radical (unpaired) electrons. The van der Waals surface area contributed by atoms with E-state index in [0.29, 0.717) is 19.6 Å². The maximum atomic E-state index is 11.7. The van der Waals surface area contributed by atoms with E-state index in [1.165, 1.54) is 0 Å². The Kier molecular flexibility index (Phi) is 5.98. The van der Waals surface area contributed by atoms with Gasteiger partial charge in [-0.05, 0) is 24.1 Å². The molecule has 0 aromatic heterocycles. The first kappa shape index (κ1) is 16.0. The Hall–Kier alpha value is -2.33. The van der Waals surface area contributed by atoms with Gasteiger partial charge in [-0.15, -0.1) is 0 Å². The quantitative estimate of drug-likeness (QED) is 0.799. The van der Waals surface area contributed by atoms with Crippen LogP contribution in [0.2, 0.25) is 0 Å². The molecule has 0 bridgehead atoms. The fourth-order valence-electron chi connectivity index (χ4n) is 2.12. The summed E-state index contributed by atoms with van der Waals surface area (Å²) in [5.41, 5.74) is 7.87.